The van der Waals surface area contributed by atoms with Gasteiger partial charge in [-0.05, 0) is 23.7 Å². The van der Waals surface area contributed by atoms with Crippen LogP contribution in [0.3, 0.4) is 0 Å². The first-order valence-electron chi connectivity index (χ1n) is 4.57. The van der Waals surface area contributed by atoms with Crippen LogP contribution in [0, 0.1) is 0 Å². The predicted octanol–water partition coefficient (Wildman–Crippen LogP) is 1.35. The summed E-state index contributed by atoms with van der Waals surface area (Å²) in [4.78, 5) is 0. The van der Waals surface area contributed by atoms with Crippen LogP contribution in [0.4, 0.5) is 0 Å². The zero-order valence-corrected chi connectivity index (χ0v) is 7.80. The van der Waals surface area contributed by atoms with Crippen molar-refractivity contribution in [3.63, 3.8) is 0 Å². The first-order valence-corrected chi connectivity index (χ1v) is 4.57. The third kappa shape index (κ3) is 1.58. The summed E-state index contributed by atoms with van der Waals surface area (Å²) in [5.41, 5.74) is 4.09. The summed E-state index contributed by atoms with van der Waals surface area (Å²) < 4.78 is 0. The summed E-state index contributed by atoms with van der Waals surface area (Å²) >= 11 is 0. The van der Waals surface area contributed by atoms with Crippen molar-refractivity contribution in [1.29, 1.82) is 0 Å². The van der Waals surface area contributed by atoms with E-state index in [1.807, 2.05) is 7.05 Å². The van der Waals surface area contributed by atoms with Gasteiger partial charge in [0.2, 0.25) is 0 Å². The maximum absolute atomic E-state index is 3.27. The number of hydrogen-bond donors (Lipinski definition) is 2. The smallest absolute Gasteiger partial charge is 0.0401 e. The Hall–Kier alpha value is -1.28. The SMILES string of the molecule is CNCC1=CNCc2ccccc21. The van der Waals surface area contributed by atoms with Crippen molar-refractivity contribution in [3.8, 4) is 0 Å². The van der Waals surface area contributed by atoms with Crippen molar-refractivity contribution < 1.29 is 0 Å². The van der Waals surface area contributed by atoms with Crippen molar-refractivity contribution in [2.45, 2.75) is 6.54 Å². The Morgan fingerprint density at radius 2 is 2.23 bits per heavy atom. The maximum atomic E-state index is 3.27. The van der Waals surface area contributed by atoms with Gasteiger partial charge in [0.05, 0.1) is 0 Å². The molecule has 1 aliphatic heterocycles. The first-order chi connectivity index (χ1) is 6.42. The van der Waals surface area contributed by atoms with E-state index in [1.165, 1.54) is 16.7 Å². The molecule has 2 rings (SSSR count). The molecule has 68 valence electrons. The van der Waals surface area contributed by atoms with Crippen LogP contribution in [-0.4, -0.2) is 13.6 Å². The third-order valence-electron chi connectivity index (χ3n) is 2.30. The van der Waals surface area contributed by atoms with Crippen LogP contribution >= 0.6 is 0 Å². The highest BCUT2D eigenvalue weighted by Crippen LogP contribution is 2.21. The second kappa shape index (κ2) is 3.62. The quantitative estimate of drug-likeness (QED) is 0.707. The number of benzene rings is 1. The Kier molecular flexibility index (Phi) is 2.32. The van der Waals surface area contributed by atoms with E-state index < -0.39 is 0 Å². The van der Waals surface area contributed by atoms with Crippen LogP contribution < -0.4 is 10.6 Å². The fourth-order valence-corrected chi connectivity index (χ4v) is 1.69. The highest BCUT2D eigenvalue weighted by molar-refractivity contribution is 5.70. The molecule has 13 heavy (non-hydrogen) atoms. The third-order valence-corrected chi connectivity index (χ3v) is 2.30. The Bertz CT molecular complexity index is 329. The van der Waals surface area contributed by atoms with Gasteiger partial charge >= 0.3 is 0 Å². The van der Waals surface area contributed by atoms with Crippen molar-refractivity contribution in [1.82, 2.24) is 10.6 Å². The summed E-state index contributed by atoms with van der Waals surface area (Å²) in [5.74, 6) is 0. The number of rotatable bonds is 2. The molecule has 0 aliphatic carbocycles. The highest BCUT2D eigenvalue weighted by Gasteiger charge is 2.09. The molecule has 0 spiro atoms. The molecule has 2 heteroatoms. The van der Waals surface area contributed by atoms with Gasteiger partial charge in [-0.2, -0.15) is 0 Å². The van der Waals surface area contributed by atoms with Crippen LogP contribution in [0.25, 0.3) is 5.57 Å². The van der Waals surface area contributed by atoms with E-state index in [2.05, 4.69) is 41.1 Å². The minimum Gasteiger partial charge on any atom is -0.387 e. The van der Waals surface area contributed by atoms with E-state index in [0.717, 1.165) is 13.1 Å². The molecule has 2 N–H and O–H groups in total. The van der Waals surface area contributed by atoms with Crippen LogP contribution in [0.1, 0.15) is 11.1 Å². The molecular weight excluding hydrogens is 160 g/mol. The molecule has 0 unspecified atom stereocenters. The Labute approximate surface area is 78.7 Å². The molecule has 0 saturated carbocycles. The molecule has 2 nitrogen and oxygen atoms in total. The van der Waals surface area contributed by atoms with E-state index in [1.54, 1.807) is 0 Å². The standard InChI is InChI=1S/C11H14N2/c1-12-6-10-8-13-7-9-4-2-3-5-11(9)10/h2-5,8,12-13H,6-7H2,1H3. The first kappa shape index (κ1) is 8.32. The van der Waals surface area contributed by atoms with Crippen molar-refractivity contribution in [2.24, 2.45) is 0 Å². The van der Waals surface area contributed by atoms with E-state index in [9.17, 15) is 0 Å². The van der Waals surface area contributed by atoms with Gasteiger partial charge in [0.1, 0.15) is 0 Å². The molecule has 0 amide bonds. The summed E-state index contributed by atoms with van der Waals surface area (Å²) in [6, 6.07) is 8.53. The minimum absolute atomic E-state index is 0.921. The van der Waals surface area contributed by atoms with Crippen LogP contribution in [-0.2, 0) is 6.54 Å². The molecule has 0 bridgehead atoms. The van der Waals surface area contributed by atoms with E-state index in [4.69, 9.17) is 0 Å². The van der Waals surface area contributed by atoms with Gasteiger partial charge < -0.3 is 10.6 Å². The summed E-state index contributed by atoms with van der Waals surface area (Å²) in [7, 11) is 1.97. The van der Waals surface area contributed by atoms with Crippen molar-refractivity contribution in [3.05, 3.63) is 41.6 Å². The van der Waals surface area contributed by atoms with E-state index >= 15 is 0 Å². The van der Waals surface area contributed by atoms with Gasteiger partial charge in [-0.15, -0.1) is 0 Å². The topological polar surface area (TPSA) is 24.1 Å². The average Bonchev–Trinajstić information content (AvgIpc) is 2.19. The lowest BCUT2D eigenvalue weighted by Crippen LogP contribution is -2.19. The summed E-state index contributed by atoms with van der Waals surface area (Å²) in [5, 5.41) is 6.44. The van der Waals surface area contributed by atoms with Crippen LogP contribution in [0.5, 0.6) is 0 Å². The fourth-order valence-electron chi connectivity index (χ4n) is 1.69. The number of likely N-dealkylation sites (N-methyl/N-ethyl adjacent to an activating group) is 1. The summed E-state index contributed by atoms with van der Waals surface area (Å²) in [6.07, 6.45) is 2.10. The maximum Gasteiger partial charge on any atom is 0.0401 e. The number of hydrogen-bond acceptors (Lipinski definition) is 2. The Balaban J connectivity index is 2.36. The average molecular weight is 174 g/mol. The zero-order valence-electron chi connectivity index (χ0n) is 7.80. The van der Waals surface area contributed by atoms with Crippen molar-refractivity contribution in [2.75, 3.05) is 13.6 Å². The molecular formula is C11H14N2. The highest BCUT2D eigenvalue weighted by atomic mass is 14.9. The molecule has 0 aromatic heterocycles. The molecule has 1 aromatic carbocycles. The molecule has 1 aromatic rings. The fraction of sp³-hybridized carbons (Fsp3) is 0.273. The van der Waals surface area contributed by atoms with E-state index in [0.29, 0.717) is 0 Å². The van der Waals surface area contributed by atoms with E-state index in [-0.39, 0.29) is 0 Å². The predicted molar refractivity (Wildman–Crippen MR) is 55.2 cm³/mol. The minimum atomic E-state index is 0.921. The molecule has 0 saturated heterocycles. The van der Waals surface area contributed by atoms with Gasteiger partial charge in [0.25, 0.3) is 0 Å². The molecule has 1 heterocycles. The van der Waals surface area contributed by atoms with Gasteiger partial charge in [0, 0.05) is 19.3 Å². The van der Waals surface area contributed by atoms with Crippen LogP contribution in [0.2, 0.25) is 0 Å². The largest absolute Gasteiger partial charge is 0.387 e. The molecule has 1 aliphatic rings. The lowest BCUT2D eigenvalue weighted by atomic mass is 9.98. The second-order valence-electron chi connectivity index (χ2n) is 3.24. The monoisotopic (exact) mass is 174 g/mol. The number of fused-ring (bicyclic) bond motifs is 1. The second-order valence-corrected chi connectivity index (χ2v) is 3.24. The van der Waals surface area contributed by atoms with Gasteiger partial charge in [-0.25, -0.2) is 0 Å². The lowest BCUT2D eigenvalue weighted by Gasteiger charge is -2.18. The zero-order chi connectivity index (χ0) is 9.10. The lowest BCUT2D eigenvalue weighted by molar-refractivity contribution is 0.832. The van der Waals surface area contributed by atoms with Gasteiger partial charge in [0.15, 0.2) is 0 Å². The Morgan fingerprint density at radius 3 is 3.08 bits per heavy atom. The Morgan fingerprint density at radius 1 is 1.38 bits per heavy atom. The molecule has 0 radical (unpaired) electrons. The number of nitrogens with one attached hydrogen (secondary N) is 2. The molecule has 0 fully saturated rings. The van der Waals surface area contributed by atoms with Gasteiger partial charge in [-0.3, -0.25) is 0 Å². The summed E-state index contributed by atoms with van der Waals surface area (Å²) in [6.45, 7) is 1.87. The molecule has 0 atom stereocenters. The van der Waals surface area contributed by atoms with Gasteiger partial charge in [-0.1, -0.05) is 24.3 Å². The normalized spacial score (nSPS) is 14.4. The van der Waals surface area contributed by atoms with Crippen molar-refractivity contribution >= 4 is 5.57 Å². The van der Waals surface area contributed by atoms with Crippen LogP contribution in [0.15, 0.2) is 30.5 Å².